The normalized spacial score (nSPS) is 14.0. The van der Waals surface area contributed by atoms with Gasteiger partial charge in [-0.2, -0.15) is 0 Å². The van der Waals surface area contributed by atoms with Gasteiger partial charge in [0, 0.05) is 12.2 Å². The standard InChI is InChI=1S/C18H17N3O2S/c1-10-14-16(19-11(2)20-17(14)24-15(10)18(22)23)21-9-5-7-12-6-3-4-8-13(12)21/h3-4,6,8H,5,7,9H2,1-2H3,(H,22,23). The summed E-state index contributed by atoms with van der Waals surface area (Å²) in [4.78, 5) is 24.0. The maximum atomic E-state index is 11.5. The maximum absolute atomic E-state index is 11.5. The van der Waals surface area contributed by atoms with Crippen LogP contribution >= 0.6 is 11.3 Å². The zero-order valence-electron chi connectivity index (χ0n) is 13.5. The number of fused-ring (bicyclic) bond motifs is 2. The van der Waals surface area contributed by atoms with E-state index in [1.807, 2.05) is 19.9 Å². The largest absolute Gasteiger partial charge is 0.477 e. The van der Waals surface area contributed by atoms with Gasteiger partial charge < -0.3 is 10.0 Å². The van der Waals surface area contributed by atoms with Crippen LogP contribution in [0.3, 0.4) is 0 Å². The smallest absolute Gasteiger partial charge is 0.346 e. The van der Waals surface area contributed by atoms with Crippen LogP contribution in [0.2, 0.25) is 0 Å². The maximum Gasteiger partial charge on any atom is 0.346 e. The van der Waals surface area contributed by atoms with Gasteiger partial charge >= 0.3 is 5.97 Å². The number of aryl methyl sites for hydroxylation is 3. The van der Waals surface area contributed by atoms with E-state index in [1.165, 1.54) is 16.9 Å². The molecule has 6 heteroatoms. The van der Waals surface area contributed by atoms with Gasteiger partial charge in [0.2, 0.25) is 0 Å². The first-order valence-corrected chi connectivity index (χ1v) is 8.74. The molecule has 3 heterocycles. The van der Waals surface area contributed by atoms with Crippen LogP contribution in [0.15, 0.2) is 24.3 Å². The predicted octanol–water partition coefficient (Wildman–Crippen LogP) is 4.09. The van der Waals surface area contributed by atoms with Crippen molar-refractivity contribution in [1.29, 1.82) is 0 Å². The summed E-state index contributed by atoms with van der Waals surface area (Å²) in [6, 6.07) is 8.35. The summed E-state index contributed by atoms with van der Waals surface area (Å²) in [5.74, 6) is 0.586. The van der Waals surface area contributed by atoms with Gasteiger partial charge in [0.15, 0.2) is 0 Å². The molecular formula is C18H17N3O2S. The Hall–Kier alpha value is -2.47. The van der Waals surface area contributed by atoms with Crippen LogP contribution in [0.4, 0.5) is 11.5 Å². The Bertz CT molecular complexity index is 964. The second-order valence-corrected chi connectivity index (χ2v) is 7.02. The highest BCUT2D eigenvalue weighted by Crippen LogP contribution is 2.40. The molecule has 0 bridgehead atoms. The number of hydrogen-bond donors (Lipinski definition) is 1. The highest BCUT2D eigenvalue weighted by molar-refractivity contribution is 7.20. The molecule has 122 valence electrons. The molecule has 0 amide bonds. The molecule has 1 aromatic carbocycles. The molecular weight excluding hydrogens is 322 g/mol. The van der Waals surface area contributed by atoms with Crippen molar-refractivity contribution in [2.24, 2.45) is 0 Å². The molecule has 5 nitrogen and oxygen atoms in total. The number of rotatable bonds is 2. The fourth-order valence-electron chi connectivity index (χ4n) is 3.37. The average molecular weight is 339 g/mol. The fraction of sp³-hybridized carbons (Fsp3) is 0.278. The molecule has 0 saturated carbocycles. The second kappa shape index (κ2) is 5.56. The number of anilines is 2. The van der Waals surface area contributed by atoms with Crippen LogP contribution in [0.5, 0.6) is 0 Å². The average Bonchev–Trinajstić information content (AvgIpc) is 2.90. The third-order valence-corrected chi connectivity index (χ3v) is 5.62. The molecule has 0 atom stereocenters. The SMILES string of the molecule is Cc1nc(N2CCCc3ccccc32)c2c(C)c(C(=O)O)sc2n1. The van der Waals surface area contributed by atoms with Crippen LogP contribution in [0.25, 0.3) is 10.2 Å². The van der Waals surface area contributed by atoms with Crippen LogP contribution in [0.1, 0.15) is 33.0 Å². The minimum atomic E-state index is -0.904. The van der Waals surface area contributed by atoms with Gasteiger partial charge in [0.1, 0.15) is 21.3 Å². The Kier molecular flexibility index (Phi) is 3.49. The number of nitrogens with zero attached hydrogens (tertiary/aromatic N) is 3. The van der Waals surface area contributed by atoms with E-state index in [1.54, 1.807) is 0 Å². The first kappa shape index (κ1) is 15.1. The fourth-order valence-corrected chi connectivity index (χ4v) is 4.43. The van der Waals surface area contributed by atoms with Gasteiger partial charge in [0.25, 0.3) is 0 Å². The van der Waals surface area contributed by atoms with Gasteiger partial charge in [-0.25, -0.2) is 14.8 Å². The van der Waals surface area contributed by atoms with Crippen molar-refractivity contribution in [1.82, 2.24) is 9.97 Å². The van der Waals surface area contributed by atoms with E-state index in [0.717, 1.165) is 46.7 Å². The molecule has 2 aromatic heterocycles. The number of carboxylic acids is 1. The van der Waals surface area contributed by atoms with Crippen molar-refractivity contribution in [3.8, 4) is 0 Å². The highest BCUT2D eigenvalue weighted by atomic mass is 32.1. The molecule has 1 aliphatic rings. The lowest BCUT2D eigenvalue weighted by Gasteiger charge is -2.31. The van der Waals surface area contributed by atoms with E-state index >= 15 is 0 Å². The van der Waals surface area contributed by atoms with E-state index in [9.17, 15) is 9.90 Å². The Morgan fingerprint density at radius 1 is 1.25 bits per heavy atom. The number of benzene rings is 1. The Morgan fingerprint density at radius 3 is 2.83 bits per heavy atom. The summed E-state index contributed by atoms with van der Waals surface area (Å²) in [5, 5.41) is 10.3. The zero-order chi connectivity index (χ0) is 16.8. The van der Waals surface area contributed by atoms with Crippen molar-refractivity contribution < 1.29 is 9.90 Å². The molecule has 1 aliphatic heterocycles. The van der Waals surface area contributed by atoms with E-state index in [2.05, 4.69) is 33.1 Å². The molecule has 0 radical (unpaired) electrons. The lowest BCUT2D eigenvalue weighted by atomic mass is 10.0. The lowest BCUT2D eigenvalue weighted by molar-refractivity contribution is 0.0701. The summed E-state index contributed by atoms with van der Waals surface area (Å²) >= 11 is 1.23. The molecule has 0 saturated heterocycles. The molecule has 3 aromatic rings. The third-order valence-electron chi connectivity index (χ3n) is 4.44. The minimum absolute atomic E-state index is 0.344. The zero-order valence-corrected chi connectivity index (χ0v) is 14.4. The van der Waals surface area contributed by atoms with Crippen LogP contribution in [-0.4, -0.2) is 27.6 Å². The number of carboxylic acid groups (broad SMARTS) is 1. The first-order chi connectivity index (χ1) is 11.6. The summed E-state index contributed by atoms with van der Waals surface area (Å²) in [7, 11) is 0. The third kappa shape index (κ3) is 2.26. The summed E-state index contributed by atoms with van der Waals surface area (Å²) in [5.41, 5.74) is 3.21. The molecule has 1 N–H and O–H groups in total. The van der Waals surface area contributed by atoms with Crippen molar-refractivity contribution in [3.05, 3.63) is 46.1 Å². The Labute approximate surface area is 143 Å². The summed E-state index contributed by atoms with van der Waals surface area (Å²) in [6.07, 6.45) is 2.11. The van der Waals surface area contributed by atoms with Gasteiger partial charge in [-0.05, 0) is 43.9 Å². The first-order valence-electron chi connectivity index (χ1n) is 7.92. The summed E-state index contributed by atoms with van der Waals surface area (Å²) < 4.78 is 0. The number of aromatic nitrogens is 2. The molecule has 24 heavy (non-hydrogen) atoms. The van der Waals surface area contributed by atoms with Crippen molar-refractivity contribution >= 4 is 39.0 Å². The molecule has 0 spiro atoms. The lowest BCUT2D eigenvalue weighted by Crippen LogP contribution is -2.25. The number of carbonyl (C=O) groups is 1. The quantitative estimate of drug-likeness (QED) is 0.762. The van der Waals surface area contributed by atoms with E-state index in [0.29, 0.717) is 10.7 Å². The minimum Gasteiger partial charge on any atom is -0.477 e. The van der Waals surface area contributed by atoms with E-state index in [4.69, 9.17) is 0 Å². The molecule has 0 aliphatic carbocycles. The Morgan fingerprint density at radius 2 is 2.04 bits per heavy atom. The van der Waals surface area contributed by atoms with Gasteiger partial charge in [-0.15, -0.1) is 11.3 Å². The predicted molar refractivity (Wildman–Crippen MR) is 95.6 cm³/mol. The number of para-hydroxylation sites is 1. The topological polar surface area (TPSA) is 66.3 Å². The van der Waals surface area contributed by atoms with Gasteiger partial charge in [0.05, 0.1) is 5.39 Å². The number of aromatic carboxylic acids is 1. The molecule has 0 unspecified atom stereocenters. The molecule has 4 rings (SSSR count). The van der Waals surface area contributed by atoms with Crippen LogP contribution in [-0.2, 0) is 6.42 Å². The molecule has 0 fully saturated rings. The number of thiophene rings is 1. The second-order valence-electron chi connectivity index (χ2n) is 6.02. The van der Waals surface area contributed by atoms with Crippen molar-refractivity contribution in [3.63, 3.8) is 0 Å². The monoisotopic (exact) mass is 339 g/mol. The van der Waals surface area contributed by atoms with Gasteiger partial charge in [-0.3, -0.25) is 0 Å². The Balaban J connectivity index is 1.99. The van der Waals surface area contributed by atoms with Crippen LogP contribution in [0, 0.1) is 13.8 Å². The van der Waals surface area contributed by atoms with E-state index in [-0.39, 0.29) is 0 Å². The van der Waals surface area contributed by atoms with Gasteiger partial charge in [-0.1, -0.05) is 18.2 Å². The van der Waals surface area contributed by atoms with E-state index < -0.39 is 5.97 Å². The summed E-state index contributed by atoms with van der Waals surface area (Å²) in [6.45, 7) is 4.58. The number of hydrogen-bond acceptors (Lipinski definition) is 5. The highest BCUT2D eigenvalue weighted by Gasteiger charge is 2.25. The van der Waals surface area contributed by atoms with Crippen molar-refractivity contribution in [2.45, 2.75) is 26.7 Å². The van der Waals surface area contributed by atoms with Crippen molar-refractivity contribution in [2.75, 3.05) is 11.4 Å². The van der Waals surface area contributed by atoms with Crippen LogP contribution < -0.4 is 4.90 Å².